The Hall–Kier alpha value is -2.35. The summed E-state index contributed by atoms with van der Waals surface area (Å²) in [5.74, 6) is 0.444. The minimum atomic E-state index is -4.52. The lowest BCUT2D eigenvalue weighted by Gasteiger charge is -2.32. The Balaban J connectivity index is 1.42. The molecule has 46 heavy (non-hydrogen) atoms. The van der Waals surface area contributed by atoms with Crippen LogP contribution in [0, 0.1) is 0 Å². The van der Waals surface area contributed by atoms with Crippen LogP contribution in [0.3, 0.4) is 0 Å². The quantitative estimate of drug-likeness (QED) is 0.260. The first kappa shape index (κ1) is 35.0. The van der Waals surface area contributed by atoms with Crippen molar-refractivity contribution in [1.82, 2.24) is 29.8 Å². The topological polar surface area (TPSA) is 76.9 Å². The number of amides is 2. The van der Waals surface area contributed by atoms with Crippen molar-refractivity contribution in [2.75, 3.05) is 51.6 Å². The van der Waals surface area contributed by atoms with Gasteiger partial charge in [0.1, 0.15) is 6.17 Å². The number of hydrogen-bond acceptors (Lipinski definition) is 6. The predicted molar refractivity (Wildman–Crippen MR) is 173 cm³/mol. The minimum absolute atomic E-state index is 0.122. The summed E-state index contributed by atoms with van der Waals surface area (Å²) in [5.41, 5.74) is 1.66. The first-order valence-electron chi connectivity index (χ1n) is 16.5. The van der Waals surface area contributed by atoms with Gasteiger partial charge in [-0.3, -0.25) is 4.68 Å². The van der Waals surface area contributed by atoms with E-state index in [0.717, 1.165) is 55.0 Å². The standard InChI is InChI=1S/C33H48F4N6O2S/c1-32(2,3)38-31(45)42-16-11-28-26(22-42)30(39-43(28)21-25(44)20-41-12-5-4-6-13-41)23-7-8-27(33(35,36)37)29(19-23)46-18-17-40-14-9-24(34)10-15-40/h7-8,19,24-25,44H,4-6,9-18,20-22H2,1-3H3,(H,38,45)/t25-/m0/s1. The highest BCUT2D eigenvalue weighted by Gasteiger charge is 2.35. The summed E-state index contributed by atoms with van der Waals surface area (Å²) in [6.07, 6.45) is -1.11. The van der Waals surface area contributed by atoms with E-state index in [9.17, 15) is 27.5 Å². The second-order valence-electron chi connectivity index (χ2n) is 13.9. The van der Waals surface area contributed by atoms with Gasteiger partial charge in [0.2, 0.25) is 0 Å². The summed E-state index contributed by atoms with van der Waals surface area (Å²) in [7, 11) is 0. The first-order valence-corrected chi connectivity index (χ1v) is 17.5. The molecule has 4 heterocycles. The molecule has 256 valence electrons. The molecule has 1 atom stereocenters. The van der Waals surface area contributed by atoms with Crippen molar-refractivity contribution in [3.63, 3.8) is 0 Å². The maximum atomic E-state index is 14.1. The number of hydrogen-bond donors (Lipinski definition) is 2. The van der Waals surface area contributed by atoms with Crippen LogP contribution in [0.1, 0.15) is 69.7 Å². The average molecular weight is 669 g/mol. The molecule has 1 aromatic carbocycles. The van der Waals surface area contributed by atoms with E-state index >= 15 is 0 Å². The van der Waals surface area contributed by atoms with E-state index in [1.807, 2.05) is 20.8 Å². The van der Waals surface area contributed by atoms with Crippen LogP contribution >= 0.6 is 11.8 Å². The van der Waals surface area contributed by atoms with Gasteiger partial charge < -0.3 is 25.1 Å². The molecule has 13 heteroatoms. The fourth-order valence-electron chi connectivity index (χ4n) is 6.58. The van der Waals surface area contributed by atoms with E-state index in [1.165, 1.54) is 12.5 Å². The number of nitrogens with one attached hydrogen (secondary N) is 1. The SMILES string of the molecule is CC(C)(C)NC(=O)N1CCc2c(c(-c3ccc(C(F)(F)F)c(SCCN4CCC(F)CC4)c3)nn2C[C@@H](O)CN2CCCCC2)C1. The number of rotatable bonds is 9. The van der Waals surface area contributed by atoms with Crippen molar-refractivity contribution in [1.29, 1.82) is 0 Å². The third-order valence-corrected chi connectivity index (χ3v) is 9.98. The highest BCUT2D eigenvalue weighted by Crippen LogP contribution is 2.40. The van der Waals surface area contributed by atoms with Crippen molar-refractivity contribution in [3.05, 3.63) is 35.0 Å². The minimum Gasteiger partial charge on any atom is -0.390 e. The van der Waals surface area contributed by atoms with Crippen LogP contribution in [-0.2, 0) is 25.7 Å². The van der Waals surface area contributed by atoms with Crippen molar-refractivity contribution < 1.29 is 27.5 Å². The van der Waals surface area contributed by atoms with Crippen LogP contribution in [0.15, 0.2) is 23.1 Å². The molecule has 3 aliphatic rings. The lowest BCUT2D eigenvalue weighted by atomic mass is 10.00. The zero-order chi connectivity index (χ0) is 33.1. The monoisotopic (exact) mass is 668 g/mol. The normalized spacial score (nSPS) is 19.7. The summed E-state index contributed by atoms with van der Waals surface area (Å²) in [6, 6.07) is 3.94. The highest BCUT2D eigenvalue weighted by atomic mass is 32.2. The van der Waals surface area contributed by atoms with Crippen LogP contribution in [0.25, 0.3) is 11.3 Å². The third-order valence-electron chi connectivity index (χ3n) is 8.95. The molecular formula is C33H48F4N6O2S. The number of carbonyl (C=O) groups excluding carboxylic acids is 1. The molecule has 0 unspecified atom stereocenters. The maximum absolute atomic E-state index is 14.1. The van der Waals surface area contributed by atoms with E-state index in [4.69, 9.17) is 5.10 Å². The molecule has 1 aromatic heterocycles. The Morgan fingerprint density at radius 3 is 2.43 bits per heavy atom. The number of aliphatic hydroxyl groups excluding tert-OH is 1. The number of carbonyl (C=O) groups is 1. The molecule has 0 saturated carbocycles. The number of β-amino-alcohol motifs (C(OH)–C–C–N with tert-alkyl or cyclic N) is 1. The molecule has 2 fully saturated rings. The largest absolute Gasteiger partial charge is 0.417 e. The number of likely N-dealkylation sites (tertiary alicyclic amines) is 2. The number of thioether (sulfide) groups is 1. The molecule has 0 radical (unpaired) electrons. The Morgan fingerprint density at radius 2 is 1.76 bits per heavy atom. The molecule has 2 saturated heterocycles. The molecular weight excluding hydrogens is 620 g/mol. The number of alkyl halides is 4. The summed E-state index contributed by atoms with van der Waals surface area (Å²) in [4.78, 5) is 19.3. The van der Waals surface area contributed by atoms with Crippen LogP contribution in [-0.4, -0.2) is 105 Å². The van der Waals surface area contributed by atoms with Gasteiger partial charge in [-0.1, -0.05) is 12.5 Å². The maximum Gasteiger partial charge on any atom is 0.417 e. The highest BCUT2D eigenvalue weighted by molar-refractivity contribution is 7.99. The molecule has 0 aliphatic carbocycles. The Labute approximate surface area is 273 Å². The van der Waals surface area contributed by atoms with Crippen molar-refractivity contribution in [2.24, 2.45) is 0 Å². The van der Waals surface area contributed by atoms with Crippen LogP contribution < -0.4 is 5.32 Å². The van der Waals surface area contributed by atoms with E-state index in [-0.39, 0.29) is 24.0 Å². The van der Waals surface area contributed by atoms with Gasteiger partial charge in [0.05, 0.1) is 30.5 Å². The number of fused-ring (bicyclic) bond motifs is 1. The number of piperidine rings is 2. The van der Waals surface area contributed by atoms with Crippen molar-refractivity contribution in [2.45, 2.75) is 101 Å². The summed E-state index contributed by atoms with van der Waals surface area (Å²) < 4.78 is 57.8. The van der Waals surface area contributed by atoms with E-state index in [2.05, 4.69) is 15.1 Å². The molecule has 2 aromatic rings. The van der Waals surface area contributed by atoms with Gasteiger partial charge in [-0.05, 0) is 71.7 Å². The van der Waals surface area contributed by atoms with Gasteiger partial charge in [-0.15, -0.1) is 11.8 Å². The van der Waals surface area contributed by atoms with E-state index in [1.54, 1.807) is 15.6 Å². The zero-order valence-corrected chi connectivity index (χ0v) is 28.0. The number of urea groups is 1. The predicted octanol–water partition coefficient (Wildman–Crippen LogP) is 5.81. The van der Waals surface area contributed by atoms with Crippen LogP contribution in [0.2, 0.25) is 0 Å². The van der Waals surface area contributed by atoms with E-state index in [0.29, 0.717) is 69.0 Å². The van der Waals surface area contributed by atoms with Gasteiger partial charge in [0.15, 0.2) is 0 Å². The van der Waals surface area contributed by atoms with Crippen molar-refractivity contribution >= 4 is 17.8 Å². The first-order chi connectivity index (χ1) is 21.8. The number of halogens is 4. The second kappa shape index (κ2) is 14.8. The molecule has 2 N–H and O–H groups in total. The summed E-state index contributed by atoms with van der Waals surface area (Å²) >= 11 is 1.15. The molecule has 2 amide bonds. The Bertz CT molecular complexity index is 1330. The Morgan fingerprint density at radius 1 is 1.04 bits per heavy atom. The molecule has 0 bridgehead atoms. The molecule has 8 nitrogen and oxygen atoms in total. The van der Waals surface area contributed by atoms with Crippen LogP contribution in [0.5, 0.6) is 0 Å². The number of aliphatic hydroxyl groups is 1. The number of aromatic nitrogens is 2. The Kier molecular flexibility index (Phi) is 11.3. The smallest absolute Gasteiger partial charge is 0.390 e. The fraction of sp³-hybridized carbons (Fsp3) is 0.697. The lowest BCUT2D eigenvalue weighted by molar-refractivity contribution is -0.139. The molecule has 0 spiro atoms. The van der Waals surface area contributed by atoms with Gasteiger partial charge in [-0.25, -0.2) is 9.18 Å². The van der Waals surface area contributed by atoms with Crippen LogP contribution in [0.4, 0.5) is 22.4 Å². The third kappa shape index (κ3) is 9.17. The summed E-state index contributed by atoms with van der Waals surface area (Å²) in [6.45, 7) is 11.0. The van der Waals surface area contributed by atoms with Crippen molar-refractivity contribution in [3.8, 4) is 11.3 Å². The number of benzene rings is 1. The van der Waals surface area contributed by atoms with E-state index < -0.39 is 29.6 Å². The number of nitrogens with zero attached hydrogens (tertiary/aromatic N) is 5. The summed E-state index contributed by atoms with van der Waals surface area (Å²) in [5, 5.41) is 19.0. The lowest BCUT2D eigenvalue weighted by Crippen LogP contribution is -2.49. The molecule has 5 rings (SSSR count). The fourth-order valence-corrected chi connectivity index (χ4v) is 7.70. The van der Waals surface area contributed by atoms with Gasteiger partial charge in [-0.2, -0.15) is 18.3 Å². The second-order valence-corrected chi connectivity index (χ2v) is 15.0. The van der Waals surface area contributed by atoms with Gasteiger partial charge in [0.25, 0.3) is 0 Å². The zero-order valence-electron chi connectivity index (χ0n) is 27.2. The average Bonchev–Trinajstić information content (AvgIpc) is 3.34. The molecule has 3 aliphatic heterocycles. The van der Waals surface area contributed by atoms with Gasteiger partial charge in [0, 0.05) is 72.2 Å². The van der Waals surface area contributed by atoms with Gasteiger partial charge >= 0.3 is 12.2 Å².